The molecule has 0 saturated carbocycles. The average Bonchev–Trinajstić information content (AvgIpc) is 1.62. The van der Waals surface area contributed by atoms with Crippen LogP contribution in [0.5, 0.6) is 0 Å². The van der Waals surface area contributed by atoms with E-state index in [0.717, 1.165) is 0 Å². The highest BCUT2D eigenvalue weighted by Crippen LogP contribution is 2.32. The third kappa shape index (κ3) is 0.923. The van der Waals surface area contributed by atoms with Gasteiger partial charge in [0.05, 0.1) is 18.6 Å². The third-order valence-corrected chi connectivity index (χ3v) is 1.65. The molecule has 0 aromatic heterocycles. The second-order valence-electron chi connectivity index (χ2n) is 2.36. The predicted octanol–water partition coefficient (Wildman–Crippen LogP) is 0.227. The van der Waals surface area contributed by atoms with Gasteiger partial charge in [0, 0.05) is 6.54 Å². The van der Waals surface area contributed by atoms with Crippen LogP contribution in [-0.2, 0) is 4.74 Å². The largest absolute Gasteiger partial charge is 0.380 e. The van der Waals surface area contributed by atoms with Gasteiger partial charge in [-0.1, -0.05) is 0 Å². The summed E-state index contributed by atoms with van der Waals surface area (Å²) in [6, 6.07) is 0. The highest BCUT2D eigenvalue weighted by atomic mass is 19.3. The van der Waals surface area contributed by atoms with Crippen molar-refractivity contribution in [3.05, 3.63) is 0 Å². The van der Waals surface area contributed by atoms with Gasteiger partial charge >= 0.3 is 0 Å². The SMILES string of the molecule is NCC1(C(F)F)COC1. The van der Waals surface area contributed by atoms with Gasteiger partial charge in [-0.25, -0.2) is 8.78 Å². The Hall–Kier alpha value is -0.220. The fourth-order valence-corrected chi connectivity index (χ4v) is 0.697. The maximum absolute atomic E-state index is 12.0. The normalized spacial score (nSPS) is 24.0. The van der Waals surface area contributed by atoms with E-state index in [1.54, 1.807) is 0 Å². The molecule has 1 heterocycles. The first-order chi connectivity index (χ1) is 4.21. The van der Waals surface area contributed by atoms with Gasteiger partial charge in [0.25, 0.3) is 0 Å². The molecule has 9 heavy (non-hydrogen) atoms. The monoisotopic (exact) mass is 137 g/mol. The van der Waals surface area contributed by atoms with Crippen LogP contribution < -0.4 is 5.73 Å². The molecule has 0 spiro atoms. The van der Waals surface area contributed by atoms with Crippen molar-refractivity contribution >= 4 is 0 Å². The first kappa shape index (κ1) is 6.89. The molecule has 0 unspecified atom stereocenters. The Kier molecular flexibility index (Phi) is 1.68. The Bertz CT molecular complexity index is 97.6. The standard InChI is InChI=1S/C5H9F2NO/c6-4(7)5(1-8)2-9-3-5/h4H,1-3,8H2. The van der Waals surface area contributed by atoms with Gasteiger partial charge in [0.1, 0.15) is 0 Å². The van der Waals surface area contributed by atoms with Crippen molar-refractivity contribution in [3.63, 3.8) is 0 Å². The molecule has 4 heteroatoms. The average molecular weight is 137 g/mol. The van der Waals surface area contributed by atoms with Crippen LogP contribution in [0.2, 0.25) is 0 Å². The number of rotatable bonds is 2. The summed E-state index contributed by atoms with van der Waals surface area (Å²) in [5, 5.41) is 0. The van der Waals surface area contributed by atoms with Crippen molar-refractivity contribution in [2.45, 2.75) is 6.43 Å². The summed E-state index contributed by atoms with van der Waals surface area (Å²) in [5.41, 5.74) is 4.10. The minimum Gasteiger partial charge on any atom is -0.380 e. The van der Waals surface area contributed by atoms with Crippen molar-refractivity contribution < 1.29 is 13.5 Å². The number of nitrogens with two attached hydrogens (primary N) is 1. The molecule has 0 amide bonds. The van der Waals surface area contributed by atoms with E-state index >= 15 is 0 Å². The van der Waals surface area contributed by atoms with Gasteiger partial charge in [-0.3, -0.25) is 0 Å². The van der Waals surface area contributed by atoms with Gasteiger partial charge < -0.3 is 10.5 Å². The Morgan fingerprint density at radius 1 is 1.56 bits per heavy atom. The van der Waals surface area contributed by atoms with Gasteiger partial charge in [-0.15, -0.1) is 0 Å². The molecule has 0 aliphatic carbocycles. The minimum atomic E-state index is -2.34. The molecule has 1 saturated heterocycles. The van der Waals surface area contributed by atoms with E-state index < -0.39 is 11.8 Å². The Balaban J connectivity index is 2.46. The summed E-state index contributed by atoms with van der Waals surface area (Å²) in [6.45, 7) is 0.243. The van der Waals surface area contributed by atoms with Crippen molar-refractivity contribution in [1.82, 2.24) is 0 Å². The Morgan fingerprint density at radius 2 is 2.11 bits per heavy atom. The lowest BCUT2D eigenvalue weighted by Gasteiger charge is -2.39. The summed E-state index contributed by atoms with van der Waals surface area (Å²) in [5.74, 6) is 0. The Morgan fingerprint density at radius 3 is 2.11 bits per heavy atom. The van der Waals surface area contributed by atoms with E-state index in [1.807, 2.05) is 0 Å². The zero-order valence-electron chi connectivity index (χ0n) is 4.94. The van der Waals surface area contributed by atoms with Crippen LogP contribution in [0.3, 0.4) is 0 Å². The van der Waals surface area contributed by atoms with Crippen molar-refractivity contribution in [2.24, 2.45) is 11.1 Å². The van der Waals surface area contributed by atoms with Crippen LogP contribution in [0.15, 0.2) is 0 Å². The van der Waals surface area contributed by atoms with Crippen LogP contribution in [0.1, 0.15) is 0 Å². The molecule has 1 aliphatic rings. The van der Waals surface area contributed by atoms with Crippen LogP contribution >= 0.6 is 0 Å². The molecular weight excluding hydrogens is 128 g/mol. The summed E-state index contributed by atoms with van der Waals surface area (Å²) in [7, 11) is 0. The molecule has 1 fully saturated rings. The number of alkyl halides is 2. The molecule has 2 N–H and O–H groups in total. The summed E-state index contributed by atoms with van der Waals surface area (Å²) >= 11 is 0. The first-order valence-corrected chi connectivity index (χ1v) is 2.77. The van der Waals surface area contributed by atoms with Crippen LogP contribution in [0.4, 0.5) is 8.78 Å². The quantitative estimate of drug-likeness (QED) is 0.591. The van der Waals surface area contributed by atoms with E-state index in [2.05, 4.69) is 4.74 Å². The van der Waals surface area contributed by atoms with Crippen LogP contribution in [0.25, 0.3) is 0 Å². The predicted molar refractivity (Wildman–Crippen MR) is 28.3 cm³/mol. The van der Waals surface area contributed by atoms with E-state index in [9.17, 15) is 8.78 Å². The third-order valence-electron chi connectivity index (χ3n) is 1.65. The molecular formula is C5H9F2NO. The summed E-state index contributed by atoms with van der Waals surface area (Å²) in [6.07, 6.45) is -2.34. The van der Waals surface area contributed by atoms with Crippen molar-refractivity contribution in [1.29, 1.82) is 0 Å². The molecule has 0 bridgehead atoms. The lowest BCUT2D eigenvalue weighted by Crippen LogP contribution is -2.53. The molecule has 0 aromatic carbocycles. The fourth-order valence-electron chi connectivity index (χ4n) is 0.697. The van der Waals surface area contributed by atoms with Gasteiger partial charge in [0.2, 0.25) is 6.43 Å². The molecule has 54 valence electrons. The maximum Gasteiger partial charge on any atom is 0.249 e. The number of ether oxygens (including phenoxy) is 1. The van der Waals surface area contributed by atoms with Gasteiger partial charge in [-0.2, -0.15) is 0 Å². The zero-order chi connectivity index (χ0) is 6.91. The number of hydrogen-bond acceptors (Lipinski definition) is 2. The molecule has 0 radical (unpaired) electrons. The topological polar surface area (TPSA) is 35.2 Å². The molecule has 0 aromatic rings. The van der Waals surface area contributed by atoms with Crippen molar-refractivity contribution in [2.75, 3.05) is 19.8 Å². The lowest BCUT2D eigenvalue weighted by molar-refractivity contribution is -0.178. The summed E-state index contributed by atoms with van der Waals surface area (Å²) in [4.78, 5) is 0. The second-order valence-corrected chi connectivity index (χ2v) is 2.36. The van der Waals surface area contributed by atoms with Gasteiger partial charge in [0.15, 0.2) is 0 Å². The van der Waals surface area contributed by atoms with E-state index in [-0.39, 0.29) is 19.8 Å². The molecule has 1 rings (SSSR count). The maximum atomic E-state index is 12.0. The molecule has 2 nitrogen and oxygen atoms in total. The highest BCUT2D eigenvalue weighted by molar-refractivity contribution is 4.88. The van der Waals surface area contributed by atoms with Crippen LogP contribution in [-0.4, -0.2) is 26.2 Å². The van der Waals surface area contributed by atoms with Crippen LogP contribution in [0, 0.1) is 5.41 Å². The van der Waals surface area contributed by atoms with E-state index in [1.165, 1.54) is 0 Å². The first-order valence-electron chi connectivity index (χ1n) is 2.77. The van der Waals surface area contributed by atoms with Crippen molar-refractivity contribution in [3.8, 4) is 0 Å². The summed E-state index contributed by atoms with van der Waals surface area (Å²) < 4.78 is 28.6. The zero-order valence-corrected chi connectivity index (χ0v) is 4.94. The molecule has 0 atom stereocenters. The highest BCUT2D eigenvalue weighted by Gasteiger charge is 2.45. The number of halogens is 2. The van der Waals surface area contributed by atoms with E-state index in [4.69, 9.17) is 5.73 Å². The van der Waals surface area contributed by atoms with E-state index in [0.29, 0.717) is 0 Å². The fraction of sp³-hybridized carbons (Fsp3) is 1.00. The smallest absolute Gasteiger partial charge is 0.249 e. The number of hydrogen-bond donors (Lipinski definition) is 1. The lowest BCUT2D eigenvalue weighted by atomic mass is 9.87. The second kappa shape index (κ2) is 2.19. The Labute approximate surface area is 52.0 Å². The van der Waals surface area contributed by atoms with Gasteiger partial charge in [-0.05, 0) is 0 Å². The minimum absolute atomic E-state index is 0.0185. The molecule has 1 aliphatic heterocycles.